The van der Waals surface area contributed by atoms with E-state index in [1.54, 1.807) is 0 Å². The number of hydrogen-bond acceptors (Lipinski definition) is 3. The molecular formula is C15H23NO2. The zero-order chi connectivity index (χ0) is 13.8. The summed E-state index contributed by atoms with van der Waals surface area (Å²) >= 11 is 0. The summed E-state index contributed by atoms with van der Waals surface area (Å²) in [5.74, 6) is -0.235. The molecule has 1 aromatic rings. The van der Waals surface area contributed by atoms with Gasteiger partial charge in [0.05, 0.1) is 0 Å². The summed E-state index contributed by atoms with van der Waals surface area (Å²) in [6, 6.07) is 9.69. The smallest absolute Gasteiger partial charge is 0.326 e. The van der Waals surface area contributed by atoms with E-state index < -0.39 is 5.54 Å². The van der Waals surface area contributed by atoms with Gasteiger partial charge in [-0.3, -0.25) is 10.1 Å². The van der Waals surface area contributed by atoms with E-state index in [-0.39, 0.29) is 11.5 Å². The van der Waals surface area contributed by atoms with E-state index in [9.17, 15) is 4.79 Å². The van der Waals surface area contributed by atoms with Gasteiger partial charge in [-0.1, -0.05) is 30.3 Å². The highest BCUT2D eigenvalue weighted by atomic mass is 16.5. The number of carbonyl (C=O) groups excluding carboxylic acids is 1. The molecule has 1 aromatic carbocycles. The summed E-state index contributed by atoms with van der Waals surface area (Å²) < 4.78 is 5.34. The maximum absolute atomic E-state index is 12.0. The maximum Gasteiger partial charge on any atom is 0.326 e. The van der Waals surface area contributed by atoms with Crippen molar-refractivity contribution in [1.82, 2.24) is 5.32 Å². The van der Waals surface area contributed by atoms with Gasteiger partial charge in [0.2, 0.25) is 0 Å². The van der Waals surface area contributed by atoms with Crippen molar-refractivity contribution in [3.05, 3.63) is 35.9 Å². The molecule has 0 saturated heterocycles. The summed E-state index contributed by atoms with van der Waals surface area (Å²) in [6.07, 6.45) is 0. The summed E-state index contributed by atoms with van der Waals surface area (Å²) in [5.41, 5.74) is 0.180. The number of hydrogen-bond donors (Lipinski definition) is 1. The van der Waals surface area contributed by atoms with Crippen LogP contribution in [0.4, 0.5) is 0 Å². The fourth-order valence-corrected chi connectivity index (χ4v) is 1.89. The van der Waals surface area contributed by atoms with Crippen LogP contribution >= 0.6 is 0 Å². The maximum atomic E-state index is 12.0. The molecule has 100 valence electrons. The predicted molar refractivity (Wildman–Crippen MR) is 73.2 cm³/mol. The Bertz CT molecular complexity index is 391. The second-order valence-electron chi connectivity index (χ2n) is 6.06. The van der Waals surface area contributed by atoms with Gasteiger partial charge in [-0.05, 0) is 40.2 Å². The van der Waals surface area contributed by atoms with Gasteiger partial charge in [-0.25, -0.2) is 0 Å². The minimum absolute atomic E-state index is 0.130. The van der Waals surface area contributed by atoms with Crippen LogP contribution in [0.1, 0.15) is 40.2 Å². The van der Waals surface area contributed by atoms with Crippen molar-refractivity contribution in [2.24, 2.45) is 0 Å². The number of ether oxygens (including phenoxy) is 1. The molecule has 0 radical (unpaired) electrons. The number of rotatable bonds is 4. The Kier molecular flexibility index (Phi) is 4.52. The lowest BCUT2D eigenvalue weighted by atomic mass is 9.99. The van der Waals surface area contributed by atoms with Gasteiger partial charge in [-0.2, -0.15) is 0 Å². The van der Waals surface area contributed by atoms with Gasteiger partial charge in [0, 0.05) is 5.54 Å². The molecule has 0 spiro atoms. The lowest BCUT2D eigenvalue weighted by molar-refractivity contribution is -0.152. The fraction of sp³-hybridized carbons (Fsp3) is 0.533. The molecule has 0 aliphatic carbocycles. The van der Waals surface area contributed by atoms with Crippen LogP contribution in [0.5, 0.6) is 0 Å². The molecule has 0 fully saturated rings. The van der Waals surface area contributed by atoms with E-state index in [2.05, 4.69) is 5.32 Å². The zero-order valence-electron chi connectivity index (χ0n) is 11.9. The monoisotopic (exact) mass is 249 g/mol. The first-order valence-electron chi connectivity index (χ1n) is 6.21. The van der Waals surface area contributed by atoms with Crippen LogP contribution in [0.15, 0.2) is 30.3 Å². The molecular weight excluding hydrogens is 226 g/mol. The molecule has 0 heterocycles. The molecule has 0 bridgehead atoms. The summed E-state index contributed by atoms with van der Waals surface area (Å²) in [4.78, 5) is 12.0. The van der Waals surface area contributed by atoms with Crippen molar-refractivity contribution < 1.29 is 9.53 Å². The Labute approximate surface area is 110 Å². The van der Waals surface area contributed by atoms with Crippen LogP contribution in [0.3, 0.4) is 0 Å². The van der Waals surface area contributed by atoms with E-state index >= 15 is 0 Å². The van der Waals surface area contributed by atoms with Gasteiger partial charge in [0.25, 0.3) is 0 Å². The largest absolute Gasteiger partial charge is 0.459 e. The van der Waals surface area contributed by atoms with Gasteiger partial charge >= 0.3 is 5.97 Å². The number of nitrogens with one attached hydrogen (secondary N) is 1. The predicted octanol–water partition coefficient (Wildman–Crippen LogP) is 2.90. The first-order valence-corrected chi connectivity index (χ1v) is 6.21. The molecule has 0 amide bonds. The molecule has 0 unspecified atom stereocenters. The quantitative estimate of drug-likeness (QED) is 0.834. The van der Waals surface area contributed by atoms with Crippen LogP contribution in [0, 0.1) is 0 Å². The van der Waals surface area contributed by atoms with E-state index in [1.807, 2.05) is 65.0 Å². The van der Waals surface area contributed by atoms with Crippen molar-refractivity contribution in [1.29, 1.82) is 0 Å². The molecule has 0 aliphatic rings. The minimum Gasteiger partial charge on any atom is -0.459 e. The third-order valence-electron chi connectivity index (χ3n) is 2.41. The Morgan fingerprint density at radius 2 is 1.67 bits per heavy atom. The first-order chi connectivity index (χ1) is 8.21. The zero-order valence-corrected chi connectivity index (χ0v) is 11.9. The highest BCUT2D eigenvalue weighted by Gasteiger charge is 2.32. The normalized spacial score (nSPS) is 12.3. The SMILES string of the molecule is CC(C)(C)NC(C)(C)C(=O)OCc1ccccc1. The lowest BCUT2D eigenvalue weighted by Gasteiger charge is -2.32. The third kappa shape index (κ3) is 4.88. The van der Waals surface area contributed by atoms with Gasteiger partial charge in [0.1, 0.15) is 12.1 Å². The second kappa shape index (κ2) is 5.53. The Hall–Kier alpha value is -1.35. The lowest BCUT2D eigenvalue weighted by Crippen LogP contribution is -2.55. The van der Waals surface area contributed by atoms with E-state index in [4.69, 9.17) is 4.74 Å². The highest BCUT2D eigenvalue weighted by Crippen LogP contribution is 2.13. The summed E-state index contributed by atoms with van der Waals surface area (Å²) in [6.45, 7) is 10.1. The molecule has 0 saturated carbocycles. The van der Waals surface area contributed by atoms with Crippen molar-refractivity contribution in [3.63, 3.8) is 0 Å². The average molecular weight is 249 g/mol. The Morgan fingerprint density at radius 1 is 1.11 bits per heavy atom. The first kappa shape index (κ1) is 14.7. The van der Waals surface area contributed by atoms with Crippen LogP contribution < -0.4 is 5.32 Å². The van der Waals surface area contributed by atoms with Crippen LogP contribution in [-0.2, 0) is 16.1 Å². The molecule has 18 heavy (non-hydrogen) atoms. The Morgan fingerprint density at radius 3 is 2.17 bits per heavy atom. The molecule has 1 rings (SSSR count). The van der Waals surface area contributed by atoms with Crippen molar-refractivity contribution in [2.45, 2.75) is 52.3 Å². The summed E-state index contributed by atoms with van der Waals surface area (Å²) in [5, 5.41) is 3.26. The van der Waals surface area contributed by atoms with Gasteiger partial charge in [-0.15, -0.1) is 0 Å². The van der Waals surface area contributed by atoms with Crippen molar-refractivity contribution in [2.75, 3.05) is 0 Å². The summed E-state index contributed by atoms with van der Waals surface area (Å²) in [7, 11) is 0. The van der Waals surface area contributed by atoms with Crippen molar-refractivity contribution in [3.8, 4) is 0 Å². The molecule has 0 atom stereocenters. The van der Waals surface area contributed by atoms with Crippen LogP contribution in [0.25, 0.3) is 0 Å². The van der Waals surface area contributed by atoms with E-state index in [0.717, 1.165) is 5.56 Å². The highest BCUT2D eigenvalue weighted by molar-refractivity contribution is 5.79. The molecule has 3 heteroatoms. The molecule has 1 N–H and O–H groups in total. The number of carbonyl (C=O) groups is 1. The van der Waals surface area contributed by atoms with Gasteiger partial charge in [0.15, 0.2) is 0 Å². The topological polar surface area (TPSA) is 38.3 Å². The minimum atomic E-state index is -0.687. The number of esters is 1. The van der Waals surface area contributed by atoms with Crippen LogP contribution in [-0.4, -0.2) is 17.0 Å². The van der Waals surface area contributed by atoms with E-state index in [0.29, 0.717) is 6.61 Å². The molecule has 0 aliphatic heterocycles. The molecule has 0 aromatic heterocycles. The Balaban J connectivity index is 2.55. The van der Waals surface area contributed by atoms with Crippen molar-refractivity contribution >= 4 is 5.97 Å². The fourth-order valence-electron chi connectivity index (χ4n) is 1.89. The van der Waals surface area contributed by atoms with Gasteiger partial charge < -0.3 is 4.74 Å². The third-order valence-corrected chi connectivity index (χ3v) is 2.41. The number of benzene rings is 1. The van der Waals surface area contributed by atoms with Crippen LogP contribution in [0.2, 0.25) is 0 Å². The standard InChI is InChI=1S/C15H23NO2/c1-14(2,3)16-15(4,5)13(17)18-11-12-9-7-6-8-10-12/h6-10,16H,11H2,1-5H3. The second-order valence-corrected chi connectivity index (χ2v) is 6.06. The molecule has 3 nitrogen and oxygen atoms in total. The average Bonchev–Trinajstić information content (AvgIpc) is 2.24. The van der Waals surface area contributed by atoms with E-state index in [1.165, 1.54) is 0 Å².